The van der Waals surface area contributed by atoms with Gasteiger partial charge in [-0.3, -0.25) is 4.79 Å². The molecular weight excluding hydrogens is 431 g/mol. The maximum Gasteiger partial charge on any atom is 0.194 e. The second kappa shape index (κ2) is 8.95. The van der Waals surface area contributed by atoms with Crippen molar-refractivity contribution >= 4 is 10.9 Å². The molecule has 0 aliphatic heterocycles. The Morgan fingerprint density at radius 2 is 1.74 bits per heavy atom. The van der Waals surface area contributed by atoms with Gasteiger partial charge in [0.05, 0.1) is 12.8 Å². The maximum atomic E-state index is 13.8. The minimum absolute atomic E-state index is 0.0648. The summed E-state index contributed by atoms with van der Waals surface area (Å²) in [6, 6.07) is 15.5. The van der Waals surface area contributed by atoms with Crippen molar-refractivity contribution in [1.82, 2.24) is 4.98 Å². The molecule has 176 valence electrons. The summed E-state index contributed by atoms with van der Waals surface area (Å²) in [6.07, 6.45) is 0. The number of H-pyrrole nitrogens is 1. The van der Waals surface area contributed by atoms with Gasteiger partial charge in [0.25, 0.3) is 0 Å². The van der Waals surface area contributed by atoms with Gasteiger partial charge in [-0.15, -0.1) is 0 Å². The minimum atomic E-state index is -0.423. The summed E-state index contributed by atoms with van der Waals surface area (Å²) in [5.74, 6) is 0.743. The van der Waals surface area contributed by atoms with Gasteiger partial charge in [0.2, 0.25) is 0 Å². The van der Waals surface area contributed by atoms with Gasteiger partial charge in [0.1, 0.15) is 11.6 Å². The fraction of sp³-hybridized carbons (Fsp3) is 0.250. The van der Waals surface area contributed by atoms with Crippen molar-refractivity contribution in [2.24, 2.45) is 5.73 Å². The highest BCUT2D eigenvalue weighted by Gasteiger charge is 2.23. The van der Waals surface area contributed by atoms with Crippen molar-refractivity contribution in [3.8, 4) is 28.5 Å². The van der Waals surface area contributed by atoms with Crippen LogP contribution in [-0.4, -0.2) is 12.1 Å². The van der Waals surface area contributed by atoms with Crippen LogP contribution < -0.4 is 20.6 Å². The normalized spacial score (nSPS) is 11.6. The van der Waals surface area contributed by atoms with E-state index >= 15 is 0 Å². The molecule has 1 heterocycles. The van der Waals surface area contributed by atoms with Crippen molar-refractivity contribution in [3.05, 3.63) is 87.3 Å². The van der Waals surface area contributed by atoms with Gasteiger partial charge in [-0.25, -0.2) is 4.39 Å². The van der Waals surface area contributed by atoms with E-state index in [0.29, 0.717) is 33.7 Å². The molecule has 0 atom stereocenters. The summed E-state index contributed by atoms with van der Waals surface area (Å²) in [6.45, 7) is 8.40. The number of fused-ring (bicyclic) bond motifs is 1. The number of ether oxygens (including phenoxy) is 2. The van der Waals surface area contributed by atoms with Crippen LogP contribution in [0.2, 0.25) is 0 Å². The van der Waals surface area contributed by atoms with Gasteiger partial charge in [-0.1, -0.05) is 39.0 Å². The summed E-state index contributed by atoms with van der Waals surface area (Å²) >= 11 is 0. The first kappa shape index (κ1) is 23.5. The first-order valence-corrected chi connectivity index (χ1v) is 11.1. The molecule has 0 aliphatic carbocycles. The number of hydrogen-bond donors (Lipinski definition) is 2. The Morgan fingerprint density at radius 1 is 1.00 bits per heavy atom. The highest BCUT2D eigenvalue weighted by atomic mass is 19.1. The van der Waals surface area contributed by atoms with E-state index < -0.39 is 5.82 Å². The average Bonchev–Trinajstić information content (AvgIpc) is 2.79. The van der Waals surface area contributed by atoms with Crippen LogP contribution in [0.1, 0.15) is 37.5 Å². The Labute approximate surface area is 198 Å². The zero-order valence-electron chi connectivity index (χ0n) is 20.1. The summed E-state index contributed by atoms with van der Waals surface area (Å²) in [7, 11) is 1.46. The Balaban J connectivity index is 2.03. The minimum Gasteiger partial charge on any atom is -0.493 e. The first-order chi connectivity index (χ1) is 16.1. The quantitative estimate of drug-likeness (QED) is 0.372. The van der Waals surface area contributed by atoms with Gasteiger partial charge in [0.15, 0.2) is 16.9 Å². The number of rotatable bonds is 5. The van der Waals surface area contributed by atoms with Crippen LogP contribution in [0, 0.1) is 12.7 Å². The van der Waals surface area contributed by atoms with Crippen LogP contribution in [0.4, 0.5) is 4.39 Å². The van der Waals surface area contributed by atoms with Crippen LogP contribution in [0.15, 0.2) is 59.4 Å². The van der Waals surface area contributed by atoms with Gasteiger partial charge in [0, 0.05) is 34.6 Å². The van der Waals surface area contributed by atoms with Gasteiger partial charge >= 0.3 is 0 Å². The number of halogens is 1. The van der Waals surface area contributed by atoms with E-state index in [2.05, 4.69) is 31.8 Å². The predicted molar refractivity (Wildman–Crippen MR) is 134 cm³/mol. The molecule has 5 nitrogen and oxygen atoms in total. The predicted octanol–water partition coefficient (Wildman–Crippen LogP) is 6.20. The van der Waals surface area contributed by atoms with Crippen LogP contribution in [-0.2, 0) is 12.0 Å². The SMILES string of the molecule is COc1cc(F)ccc1Oc1cc(C(C)(C)C)cc(C)c1-c1[nH]c2ccccc2c(=O)c1CN. The van der Waals surface area contributed by atoms with Crippen molar-refractivity contribution in [3.63, 3.8) is 0 Å². The largest absolute Gasteiger partial charge is 0.493 e. The standard InChI is InChI=1S/C28H29FN2O3/c1-16-12-17(28(2,3)4)13-24(34-22-11-10-18(29)14-23(22)33-5)25(16)26-20(15-30)27(32)19-8-6-7-9-21(19)31-26/h6-14H,15,30H2,1-5H3,(H,31,32). The number of hydrogen-bond acceptors (Lipinski definition) is 4. The molecule has 0 radical (unpaired) electrons. The van der Waals surface area contributed by atoms with Crippen molar-refractivity contribution < 1.29 is 13.9 Å². The molecule has 0 spiro atoms. The molecule has 34 heavy (non-hydrogen) atoms. The third-order valence-electron chi connectivity index (χ3n) is 5.97. The zero-order valence-corrected chi connectivity index (χ0v) is 20.1. The Kier molecular flexibility index (Phi) is 6.19. The van der Waals surface area contributed by atoms with Crippen LogP contribution >= 0.6 is 0 Å². The number of aromatic amines is 1. The van der Waals surface area contributed by atoms with Crippen LogP contribution in [0.5, 0.6) is 17.2 Å². The summed E-state index contributed by atoms with van der Waals surface area (Å²) < 4.78 is 25.5. The third kappa shape index (κ3) is 4.29. The summed E-state index contributed by atoms with van der Waals surface area (Å²) in [5, 5.41) is 0.582. The Morgan fingerprint density at radius 3 is 2.41 bits per heavy atom. The molecule has 0 aliphatic rings. The number of nitrogens with one attached hydrogen (secondary N) is 1. The second-order valence-electron chi connectivity index (χ2n) is 9.37. The topological polar surface area (TPSA) is 77.3 Å². The second-order valence-corrected chi connectivity index (χ2v) is 9.37. The molecule has 0 saturated heterocycles. The Hall–Kier alpha value is -3.64. The lowest BCUT2D eigenvalue weighted by Crippen LogP contribution is -2.17. The first-order valence-electron chi connectivity index (χ1n) is 11.1. The molecule has 3 N–H and O–H groups in total. The maximum absolute atomic E-state index is 13.8. The molecule has 4 rings (SSSR count). The number of pyridine rings is 1. The molecule has 6 heteroatoms. The van der Waals surface area contributed by atoms with Crippen molar-refractivity contribution in [2.75, 3.05) is 7.11 Å². The number of aromatic nitrogens is 1. The van der Waals surface area contributed by atoms with Crippen LogP contribution in [0.25, 0.3) is 22.2 Å². The summed E-state index contributed by atoms with van der Waals surface area (Å²) in [5.41, 5.74) is 10.3. The van der Waals surface area contributed by atoms with E-state index in [9.17, 15) is 9.18 Å². The molecule has 0 amide bonds. The van der Waals surface area contributed by atoms with E-state index in [1.807, 2.05) is 31.2 Å². The van der Waals surface area contributed by atoms with Crippen molar-refractivity contribution in [2.45, 2.75) is 39.7 Å². The number of methoxy groups -OCH3 is 1. The molecule has 4 aromatic rings. The summed E-state index contributed by atoms with van der Waals surface area (Å²) in [4.78, 5) is 16.7. The zero-order chi connectivity index (χ0) is 24.6. The van der Waals surface area contributed by atoms with E-state index in [-0.39, 0.29) is 23.1 Å². The highest BCUT2D eigenvalue weighted by Crippen LogP contribution is 2.42. The fourth-order valence-corrected chi connectivity index (χ4v) is 4.12. The van der Waals surface area contributed by atoms with E-state index in [0.717, 1.165) is 16.7 Å². The van der Waals surface area contributed by atoms with Crippen molar-refractivity contribution in [1.29, 1.82) is 0 Å². The lowest BCUT2D eigenvalue weighted by molar-refractivity contribution is 0.375. The lowest BCUT2D eigenvalue weighted by Gasteiger charge is -2.24. The van der Waals surface area contributed by atoms with Crippen LogP contribution in [0.3, 0.4) is 0 Å². The number of nitrogens with two attached hydrogens (primary N) is 1. The molecule has 3 aromatic carbocycles. The van der Waals surface area contributed by atoms with E-state index in [1.54, 1.807) is 6.07 Å². The molecule has 1 aromatic heterocycles. The smallest absolute Gasteiger partial charge is 0.194 e. The van der Waals surface area contributed by atoms with Gasteiger partial charge < -0.3 is 20.2 Å². The Bertz CT molecular complexity index is 1430. The van der Waals surface area contributed by atoms with E-state index in [1.165, 1.54) is 25.3 Å². The fourth-order valence-electron chi connectivity index (χ4n) is 4.12. The van der Waals surface area contributed by atoms with E-state index in [4.69, 9.17) is 15.2 Å². The molecule has 0 fully saturated rings. The molecular formula is C28H29FN2O3. The molecule has 0 unspecified atom stereocenters. The third-order valence-corrected chi connectivity index (χ3v) is 5.97. The number of benzene rings is 3. The average molecular weight is 461 g/mol. The number of aryl methyl sites for hydroxylation is 1. The van der Waals surface area contributed by atoms with Gasteiger partial charge in [-0.2, -0.15) is 0 Å². The molecule has 0 bridgehead atoms. The molecule has 0 saturated carbocycles. The number of para-hydroxylation sites is 1. The lowest BCUT2D eigenvalue weighted by atomic mass is 9.84. The van der Waals surface area contributed by atoms with Gasteiger partial charge in [-0.05, 0) is 53.8 Å². The highest BCUT2D eigenvalue weighted by molar-refractivity contribution is 5.85. The monoisotopic (exact) mass is 460 g/mol.